The molecule has 0 saturated heterocycles. The lowest BCUT2D eigenvalue weighted by Gasteiger charge is -2.01. The Bertz CT molecular complexity index is 660. The molecule has 0 atom stereocenters. The second-order valence-electron chi connectivity index (χ2n) is 4.36. The molecule has 106 valence electrons. The number of aromatic nitrogens is 2. The maximum atomic E-state index is 12.2. The van der Waals surface area contributed by atoms with Gasteiger partial charge in [-0.05, 0) is 25.0 Å². The van der Waals surface area contributed by atoms with Crippen LogP contribution >= 0.6 is 23.6 Å². The number of amides is 1. The molecule has 0 bridgehead atoms. The van der Waals surface area contributed by atoms with E-state index < -0.39 is 0 Å². The van der Waals surface area contributed by atoms with Crippen LogP contribution in [0.3, 0.4) is 0 Å². The van der Waals surface area contributed by atoms with Crippen LogP contribution in [0.15, 0.2) is 18.3 Å². The number of thiazole rings is 1. The Morgan fingerprint density at radius 2 is 2.30 bits per heavy atom. The molecule has 2 aromatic rings. The quantitative estimate of drug-likeness (QED) is 0.822. The van der Waals surface area contributed by atoms with Crippen molar-refractivity contribution >= 4 is 34.6 Å². The first kappa shape index (κ1) is 14.9. The van der Waals surface area contributed by atoms with Crippen molar-refractivity contribution in [2.75, 3.05) is 5.32 Å². The summed E-state index contributed by atoms with van der Waals surface area (Å²) in [6.07, 6.45) is 4.64. The summed E-state index contributed by atoms with van der Waals surface area (Å²) in [5.41, 5.74) is 1.56. The van der Waals surface area contributed by atoms with Crippen molar-refractivity contribution < 1.29 is 4.79 Å². The van der Waals surface area contributed by atoms with Crippen molar-refractivity contribution in [3.8, 4) is 0 Å². The van der Waals surface area contributed by atoms with Gasteiger partial charge in [-0.15, -0.1) is 11.3 Å². The van der Waals surface area contributed by atoms with Gasteiger partial charge in [-0.25, -0.2) is 4.98 Å². The van der Waals surface area contributed by atoms with Crippen molar-refractivity contribution in [3.05, 3.63) is 39.1 Å². The maximum absolute atomic E-state index is 12.2. The highest BCUT2D eigenvalue weighted by molar-refractivity contribution is 7.71. The average molecular weight is 307 g/mol. The van der Waals surface area contributed by atoms with Crippen LogP contribution in [0.1, 0.15) is 41.2 Å². The molecule has 0 aliphatic rings. The second kappa shape index (κ2) is 6.76. The third kappa shape index (κ3) is 3.32. The Hall–Kier alpha value is -1.53. The topological polar surface area (TPSA) is 57.8 Å². The fraction of sp³-hybridized carbons (Fsp3) is 0.357. The molecule has 0 radical (unpaired) electrons. The molecule has 0 aromatic carbocycles. The highest BCUT2D eigenvalue weighted by Crippen LogP contribution is 2.25. The Morgan fingerprint density at radius 3 is 2.95 bits per heavy atom. The van der Waals surface area contributed by atoms with E-state index in [9.17, 15) is 4.79 Å². The fourth-order valence-corrected chi connectivity index (χ4v) is 3.08. The van der Waals surface area contributed by atoms with Crippen LogP contribution < -0.4 is 5.32 Å². The van der Waals surface area contributed by atoms with Crippen LogP contribution in [0.4, 0.5) is 5.13 Å². The van der Waals surface area contributed by atoms with Crippen LogP contribution in [0, 0.1) is 4.64 Å². The Morgan fingerprint density at radius 1 is 1.50 bits per heavy atom. The van der Waals surface area contributed by atoms with Gasteiger partial charge in [0.05, 0.1) is 11.3 Å². The number of aromatic amines is 1. The molecule has 2 aromatic heterocycles. The van der Waals surface area contributed by atoms with E-state index in [4.69, 9.17) is 12.2 Å². The molecule has 0 aliphatic heterocycles. The summed E-state index contributed by atoms with van der Waals surface area (Å²) in [4.78, 5) is 20.8. The predicted molar refractivity (Wildman–Crippen MR) is 85.1 cm³/mol. The summed E-state index contributed by atoms with van der Waals surface area (Å²) in [6, 6.07) is 3.46. The molecule has 20 heavy (non-hydrogen) atoms. The monoisotopic (exact) mass is 307 g/mol. The Balaban J connectivity index is 2.20. The molecule has 0 fully saturated rings. The van der Waals surface area contributed by atoms with Gasteiger partial charge < -0.3 is 4.98 Å². The van der Waals surface area contributed by atoms with Crippen molar-refractivity contribution in [1.82, 2.24) is 9.97 Å². The molecule has 2 heterocycles. The number of H-pyrrole nitrogens is 1. The molecular weight excluding hydrogens is 290 g/mol. The molecule has 0 spiro atoms. The number of hydrogen-bond acceptors (Lipinski definition) is 4. The van der Waals surface area contributed by atoms with Gasteiger partial charge in [-0.2, -0.15) is 0 Å². The molecule has 0 aliphatic carbocycles. The molecule has 2 rings (SSSR count). The number of aryl methyl sites for hydroxylation is 2. The van der Waals surface area contributed by atoms with Crippen molar-refractivity contribution in [1.29, 1.82) is 0 Å². The Labute approximate surface area is 127 Å². The molecule has 0 saturated carbocycles. The number of nitrogens with zero attached hydrogens (tertiary/aromatic N) is 1. The number of hydrogen-bond donors (Lipinski definition) is 2. The minimum absolute atomic E-state index is 0.216. The van der Waals surface area contributed by atoms with Gasteiger partial charge in [0.15, 0.2) is 5.13 Å². The van der Waals surface area contributed by atoms with Gasteiger partial charge in [-0.1, -0.05) is 32.5 Å². The fourth-order valence-electron chi connectivity index (χ4n) is 1.91. The van der Waals surface area contributed by atoms with E-state index in [2.05, 4.69) is 29.1 Å². The zero-order valence-corrected chi connectivity index (χ0v) is 13.2. The zero-order chi connectivity index (χ0) is 14.5. The van der Waals surface area contributed by atoms with Gasteiger partial charge in [0.2, 0.25) is 0 Å². The van der Waals surface area contributed by atoms with E-state index in [1.165, 1.54) is 4.88 Å². The first-order valence-electron chi connectivity index (χ1n) is 6.63. The first-order chi connectivity index (χ1) is 9.65. The standard InChI is InChI=1S/C14H17N3OS2/c1-3-6-10-11(4-2)20-14(16-10)17-12(18)9-7-5-8-15-13(9)19/h5,7-8H,3-4,6H2,1-2H3,(H,15,19)(H,16,17,18). The predicted octanol–water partition coefficient (Wildman–Crippen LogP) is 3.97. The molecule has 2 N–H and O–H groups in total. The highest BCUT2D eigenvalue weighted by atomic mass is 32.1. The normalized spacial score (nSPS) is 10.5. The van der Waals surface area contributed by atoms with Gasteiger partial charge in [-0.3, -0.25) is 10.1 Å². The highest BCUT2D eigenvalue weighted by Gasteiger charge is 2.13. The SMILES string of the molecule is CCCc1nc(NC(=O)c2ccc[nH]c2=S)sc1CC. The third-order valence-corrected chi connectivity index (χ3v) is 4.36. The summed E-state index contributed by atoms with van der Waals surface area (Å²) < 4.78 is 0.436. The molecule has 6 heteroatoms. The second-order valence-corrected chi connectivity index (χ2v) is 5.85. The lowest BCUT2D eigenvalue weighted by atomic mass is 10.2. The number of carbonyl (C=O) groups is 1. The number of anilines is 1. The number of nitrogens with one attached hydrogen (secondary N) is 2. The number of carbonyl (C=O) groups excluding carboxylic acids is 1. The van der Waals surface area contributed by atoms with Crippen LogP contribution in [-0.2, 0) is 12.8 Å². The van der Waals surface area contributed by atoms with Gasteiger partial charge >= 0.3 is 0 Å². The van der Waals surface area contributed by atoms with Crippen LogP contribution in [0.25, 0.3) is 0 Å². The number of pyridine rings is 1. The maximum Gasteiger partial charge on any atom is 0.260 e. The molecular formula is C14H17N3OS2. The van der Waals surface area contributed by atoms with Crippen LogP contribution in [-0.4, -0.2) is 15.9 Å². The minimum Gasteiger partial charge on any atom is -0.352 e. The molecule has 1 amide bonds. The van der Waals surface area contributed by atoms with E-state index in [1.54, 1.807) is 29.7 Å². The van der Waals surface area contributed by atoms with Crippen LogP contribution in [0.5, 0.6) is 0 Å². The summed E-state index contributed by atoms with van der Waals surface area (Å²) in [5, 5.41) is 3.48. The van der Waals surface area contributed by atoms with E-state index in [-0.39, 0.29) is 5.91 Å². The van der Waals surface area contributed by atoms with Crippen molar-refractivity contribution in [2.45, 2.75) is 33.1 Å². The summed E-state index contributed by atoms with van der Waals surface area (Å²) in [6.45, 7) is 4.23. The van der Waals surface area contributed by atoms with Gasteiger partial charge in [0.1, 0.15) is 4.64 Å². The van der Waals surface area contributed by atoms with E-state index in [0.29, 0.717) is 15.3 Å². The number of rotatable bonds is 5. The van der Waals surface area contributed by atoms with E-state index in [1.807, 2.05) is 0 Å². The lowest BCUT2D eigenvalue weighted by molar-refractivity contribution is 0.102. The average Bonchev–Trinajstić information content (AvgIpc) is 2.81. The smallest absolute Gasteiger partial charge is 0.260 e. The van der Waals surface area contributed by atoms with Crippen LogP contribution in [0.2, 0.25) is 0 Å². The van der Waals surface area contributed by atoms with E-state index in [0.717, 1.165) is 25.0 Å². The summed E-state index contributed by atoms with van der Waals surface area (Å²) in [7, 11) is 0. The van der Waals surface area contributed by atoms with Crippen molar-refractivity contribution in [2.24, 2.45) is 0 Å². The first-order valence-corrected chi connectivity index (χ1v) is 7.85. The third-order valence-electron chi connectivity index (χ3n) is 2.87. The van der Waals surface area contributed by atoms with Gasteiger partial charge in [0.25, 0.3) is 5.91 Å². The largest absolute Gasteiger partial charge is 0.352 e. The lowest BCUT2D eigenvalue weighted by Crippen LogP contribution is -2.12. The Kier molecular flexibility index (Phi) is 5.03. The van der Waals surface area contributed by atoms with Gasteiger partial charge in [0, 0.05) is 11.1 Å². The van der Waals surface area contributed by atoms with E-state index >= 15 is 0 Å². The summed E-state index contributed by atoms with van der Waals surface area (Å²) >= 11 is 6.65. The molecule has 0 unspecified atom stereocenters. The zero-order valence-electron chi connectivity index (χ0n) is 11.5. The molecule has 4 nitrogen and oxygen atoms in total. The summed E-state index contributed by atoms with van der Waals surface area (Å²) in [5.74, 6) is -0.216. The minimum atomic E-state index is -0.216. The van der Waals surface area contributed by atoms with Crippen molar-refractivity contribution in [3.63, 3.8) is 0 Å².